The molecule has 4 aromatic carbocycles. The SMILES string of the molecule is Br.CCOC(=O)CC(=O)c1cccc(OCc2ccccc2)c1.NC(=O)N1CCOCC1.O=c1cc(-c2cccc(OCc3ccccc3)c2)nc(N2CCOCC2)[nH]1. The van der Waals surface area contributed by atoms with Crippen LogP contribution >= 0.6 is 17.0 Å². The Bertz CT molecular complexity index is 2110. The lowest BCUT2D eigenvalue weighted by molar-refractivity contribution is -0.141. The van der Waals surface area contributed by atoms with E-state index in [1.54, 1.807) is 36.1 Å². The first kappa shape index (κ1) is 45.7. The number of benzene rings is 4. The quantitative estimate of drug-likeness (QED) is 0.0826. The summed E-state index contributed by atoms with van der Waals surface area (Å²) in [6.45, 7) is 8.10. The Morgan fingerprint density at radius 2 is 1.29 bits per heavy atom. The third-order valence-electron chi connectivity index (χ3n) is 8.76. The molecule has 15 heteroatoms. The maximum Gasteiger partial charge on any atom is 0.314 e. The number of morpholine rings is 2. The maximum absolute atomic E-state index is 12.1. The van der Waals surface area contributed by atoms with Gasteiger partial charge in [0.15, 0.2) is 5.78 Å². The smallest absolute Gasteiger partial charge is 0.314 e. The van der Waals surface area contributed by atoms with Gasteiger partial charge in [0.25, 0.3) is 5.56 Å². The molecule has 0 atom stereocenters. The number of hydrogen-bond acceptors (Lipinski definition) is 11. The number of rotatable bonds is 12. The number of Topliss-reactive ketones (excluding diaryl/α,β-unsaturated/α-hetero) is 1. The van der Waals surface area contributed by atoms with Gasteiger partial charge in [0.2, 0.25) is 5.95 Å². The Hall–Kier alpha value is -6.03. The first-order valence-electron chi connectivity index (χ1n) is 19.1. The van der Waals surface area contributed by atoms with Gasteiger partial charge < -0.3 is 39.2 Å². The van der Waals surface area contributed by atoms with Crippen molar-refractivity contribution in [3.8, 4) is 22.8 Å². The fraction of sp³-hybridized carbons (Fsp3) is 0.295. The Morgan fingerprint density at radius 3 is 1.85 bits per heavy atom. The summed E-state index contributed by atoms with van der Waals surface area (Å²) >= 11 is 0. The number of ketones is 1. The number of hydrogen-bond donors (Lipinski definition) is 2. The van der Waals surface area contributed by atoms with Gasteiger partial charge in [-0.15, -0.1) is 17.0 Å². The van der Waals surface area contributed by atoms with Gasteiger partial charge in [0.1, 0.15) is 31.1 Å². The molecule has 1 aromatic heterocycles. The number of aromatic nitrogens is 2. The van der Waals surface area contributed by atoms with Gasteiger partial charge in [-0.1, -0.05) is 84.9 Å². The van der Waals surface area contributed by atoms with Crippen LogP contribution in [-0.2, 0) is 32.2 Å². The lowest BCUT2D eigenvalue weighted by atomic mass is 10.1. The van der Waals surface area contributed by atoms with Gasteiger partial charge in [-0.2, -0.15) is 0 Å². The molecule has 2 fully saturated rings. The minimum Gasteiger partial charge on any atom is -0.489 e. The summed E-state index contributed by atoms with van der Waals surface area (Å²) in [5.74, 6) is 1.13. The number of nitrogens with two attached hydrogens (primary N) is 1. The Morgan fingerprint density at radius 1 is 0.729 bits per heavy atom. The zero-order chi connectivity index (χ0) is 41.0. The molecule has 0 unspecified atom stereocenters. The van der Waals surface area contributed by atoms with Crippen LogP contribution in [0.1, 0.15) is 34.8 Å². The molecule has 0 aliphatic carbocycles. The fourth-order valence-electron chi connectivity index (χ4n) is 5.73. The number of nitrogens with one attached hydrogen (secondary N) is 1. The standard InChI is InChI=1S/C21H21N3O3.C18H18O4.C5H10N2O2.BrH/c25-20-14-19(22-21(23-20)24-9-11-26-12-10-24)17-7-4-8-18(13-17)27-15-16-5-2-1-3-6-16;1-2-21-18(20)12-17(19)15-9-6-10-16(11-15)22-13-14-7-4-3-5-8-14;6-5(8)7-1-3-9-4-2-7;/h1-8,13-14H,9-12,15H2,(H,22,23,25);3-11H,2,12-13H2,1H3;1-4H2,(H2,6,8);1H. The van der Waals surface area contributed by atoms with Crippen molar-refractivity contribution in [3.63, 3.8) is 0 Å². The van der Waals surface area contributed by atoms with E-state index in [-0.39, 0.29) is 47.4 Å². The molecule has 0 spiro atoms. The number of carbonyl (C=O) groups excluding carboxylic acids is 3. The molecule has 0 saturated carbocycles. The van der Waals surface area contributed by atoms with E-state index in [9.17, 15) is 19.2 Å². The van der Waals surface area contributed by atoms with Crippen LogP contribution < -0.4 is 25.7 Å². The molecule has 3 heterocycles. The van der Waals surface area contributed by atoms with Crippen molar-refractivity contribution in [1.29, 1.82) is 0 Å². The zero-order valence-electron chi connectivity index (χ0n) is 33.0. The van der Waals surface area contributed by atoms with E-state index >= 15 is 0 Å². The molecular weight excluding hydrogens is 822 g/mol. The number of primary amides is 1. The molecule has 2 aliphatic rings. The number of esters is 1. The summed E-state index contributed by atoms with van der Waals surface area (Å²) < 4.78 is 26.7. The van der Waals surface area contributed by atoms with Crippen molar-refractivity contribution in [1.82, 2.24) is 14.9 Å². The van der Waals surface area contributed by atoms with Gasteiger partial charge in [-0.3, -0.25) is 19.4 Å². The predicted octanol–water partition coefficient (Wildman–Crippen LogP) is 6.23. The second-order valence-electron chi connectivity index (χ2n) is 13.0. The highest BCUT2D eigenvalue weighted by Gasteiger charge is 2.16. The van der Waals surface area contributed by atoms with E-state index in [4.69, 9.17) is 29.4 Å². The average molecular weight is 873 g/mol. The van der Waals surface area contributed by atoms with Gasteiger partial charge in [-0.05, 0) is 42.3 Å². The van der Waals surface area contributed by atoms with Crippen LogP contribution in [0.15, 0.2) is 120 Å². The van der Waals surface area contributed by atoms with Crippen molar-refractivity contribution < 1.29 is 38.1 Å². The largest absolute Gasteiger partial charge is 0.489 e. The zero-order valence-corrected chi connectivity index (χ0v) is 34.7. The van der Waals surface area contributed by atoms with Crippen molar-refractivity contribution in [2.24, 2.45) is 5.73 Å². The highest BCUT2D eigenvalue weighted by molar-refractivity contribution is 8.93. The van der Waals surface area contributed by atoms with Crippen LogP contribution in [0.3, 0.4) is 0 Å². The maximum atomic E-state index is 12.1. The van der Waals surface area contributed by atoms with Crippen LogP contribution in [0.25, 0.3) is 11.3 Å². The minimum atomic E-state index is -0.511. The molecule has 7 rings (SSSR count). The van der Waals surface area contributed by atoms with Crippen LogP contribution in [-0.4, -0.2) is 91.9 Å². The van der Waals surface area contributed by atoms with Crippen molar-refractivity contribution in [2.45, 2.75) is 26.6 Å². The number of amides is 2. The number of anilines is 1. The Labute approximate surface area is 354 Å². The highest BCUT2D eigenvalue weighted by Crippen LogP contribution is 2.24. The summed E-state index contributed by atoms with van der Waals surface area (Å²) in [5.41, 5.74) is 8.90. The molecule has 2 aliphatic heterocycles. The molecule has 312 valence electrons. The van der Waals surface area contributed by atoms with E-state index in [1.807, 2.05) is 89.8 Å². The van der Waals surface area contributed by atoms with Crippen molar-refractivity contribution >= 4 is 40.7 Å². The van der Waals surface area contributed by atoms with Gasteiger partial charge in [0, 0.05) is 43.4 Å². The van der Waals surface area contributed by atoms with E-state index in [0.29, 0.717) is 88.8 Å². The molecule has 3 N–H and O–H groups in total. The van der Waals surface area contributed by atoms with Crippen LogP contribution in [0.2, 0.25) is 0 Å². The molecule has 14 nitrogen and oxygen atoms in total. The molecule has 5 aromatic rings. The number of halogens is 1. The third kappa shape index (κ3) is 15.7. The molecule has 2 saturated heterocycles. The number of nitrogens with zero attached hydrogens (tertiary/aromatic N) is 3. The van der Waals surface area contributed by atoms with E-state index in [1.165, 1.54) is 6.07 Å². The predicted molar refractivity (Wildman–Crippen MR) is 229 cm³/mol. The second kappa shape index (κ2) is 24.7. The Balaban J connectivity index is 0.000000216. The third-order valence-corrected chi connectivity index (χ3v) is 8.76. The van der Waals surface area contributed by atoms with Gasteiger partial charge >= 0.3 is 12.0 Å². The first-order valence-corrected chi connectivity index (χ1v) is 19.1. The molecule has 59 heavy (non-hydrogen) atoms. The van der Waals surface area contributed by atoms with Crippen molar-refractivity contribution in [2.75, 3.05) is 64.1 Å². The Kier molecular flexibility index (Phi) is 19.1. The summed E-state index contributed by atoms with van der Waals surface area (Å²) in [6, 6.07) is 35.4. The lowest BCUT2D eigenvalue weighted by Crippen LogP contribution is -2.43. The first-order chi connectivity index (χ1) is 28.3. The lowest BCUT2D eigenvalue weighted by Gasteiger charge is -2.27. The highest BCUT2D eigenvalue weighted by atomic mass is 79.9. The van der Waals surface area contributed by atoms with Crippen LogP contribution in [0.4, 0.5) is 10.7 Å². The molecule has 2 amide bonds. The topological polar surface area (TPSA) is 176 Å². The van der Waals surface area contributed by atoms with Crippen LogP contribution in [0.5, 0.6) is 11.5 Å². The summed E-state index contributed by atoms with van der Waals surface area (Å²) in [6.07, 6.45) is -0.254. The summed E-state index contributed by atoms with van der Waals surface area (Å²) in [4.78, 5) is 57.0. The monoisotopic (exact) mass is 871 g/mol. The van der Waals surface area contributed by atoms with E-state index < -0.39 is 5.97 Å². The fourth-order valence-corrected chi connectivity index (χ4v) is 5.73. The number of ether oxygens (including phenoxy) is 5. The number of H-pyrrole nitrogens is 1. The van der Waals surface area contributed by atoms with Crippen LogP contribution in [0, 0.1) is 0 Å². The summed E-state index contributed by atoms with van der Waals surface area (Å²) in [5, 5.41) is 0. The van der Waals surface area contributed by atoms with E-state index in [0.717, 1.165) is 22.4 Å². The van der Waals surface area contributed by atoms with Gasteiger partial charge in [0.05, 0.1) is 38.7 Å². The van der Waals surface area contributed by atoms with E-state index in [2.05, 4.69) is 9.97 Å². The summed E-state index contributed by atoms with van der Waals surface area (Å²) in [7, 11) is 0. The average Bonchev–Trinajstić information content (AvgIpc) is 3.27. The second-order valence-corrected chi connectivity index (χ2v) is 13.0. The number of carbonyl (C=O) groups is 3. The number of aromatic amines is 1. The molecule has 0 radical (unpaired) electrons. The van der Waals surface area contributed by atoms with Gasteiger partial charge in [-0.25, -0.2) is 9.78 Å². The molecular formula is C44H50BrN5O9. The minimum absolute atomic E-state index is 0. The van der Waals surface area contributed by atoms with Crippen molar-refractivity contribution in [3.05, 3.63) is 142 Å². The molecule has 0 bridgehead atoms. The normalized spacial score (nSPS) is 13.2. The number of urea groups is 1.